The molecule has 6 nitrogen and oxygen atoms in total. The smallest absolute Gasteiger partial charge is 0.305 e. The van der Waals surface area contributed by atoms with Gasteiger partial charge in [-0.05, 0) is 83.5 Å². The van der Waals surface area contributed by atoms with E-state index in [0.717, 1.165) is 83.5 Å². The summed E-state index contributed by atoms with van der Waals surface area (Å²) in [6.07, 6.45) is 62.5. The third kappa shape index (κ3) is 47.1. The molecule has 356 valence electrons. The zero-order valence-electron chi connectivity index (χ0n) is 40.4. The predicted molar refractivity (Wildman–Crippen MR) is 264 cm³/mol. The van der Waals surface area contributed by atoms with Crippen molar-refractivity contribution in [3.05, 3.63) is 48.6 Å². The highest BCUT2D eigenvalue weighted by Gasteiger charge is 2.18. The number of carbonyl (C=O) groups is 2. The van der Waals surface area contributed by atoms with E-state index >= 15 is 0 Å². The van der Waals surface area contributed by atoms with Crippen LogP contribution < -0.4 is 5.32 Å². The van der Waals surface area contributed by atoms with E-state index < -0.39 is 12.1 Å². The Kier molecular flexibility index (Phi) is 48.7. The monoisotopic (exact) mass is 856 g/mol. The van der Waals surface area contributed by atoms with E-state index in [-0.39, 0.29) is 18.5 Å². The minimum Gasteiger partial charge on any atom is -0.466 e. The number of aliphatic hydroxyl groups excluding tert-OH is 2. The Morgan fingerprint density at radius 2 is 0.852 bits per heavy atom. The second-order valence-electron chi connectivity index (χ2n) is 17.8. The first kappa shape index (κ1) is 58.8. The highest BCUT2D eigenvalue weighted by molar-refractivity contribution is 5.76. The standard InChI is InChI=1S/C55H101NO5/c1-3-5-7-9-11-13-15-17-18-20-24-27-31-35-39-43-47-53(58)52(51-57)56-54(59)48-44-40-36-32-28-25-21-19-22-26-30-34-38-42-46-50-61-55(60)49-45-41-37-33-29-23-16-14-12-10-8-6-4-2/h8,10,14,16,22,26,43,47,52-53,57-58H,3-7,9,11-13,15,17-21,23-25,27-42,44-46,48-51H2,1-2H3,(H,56,59)/b10-8-,16-14-,26-22-,47-43+. The fourth-order valence-electron chi connectivity index (χ4n) is 7.72. The quantitative estimate of drug-likeness (QED) is 0.0322. The number of hydrogen-bond donors (Lipinski definition) is 3. The van der Waals surface area contributed by atoms with Gasteiger partial charge in [0.1, 0.15) is 0 Å². The van der Waals surface area contributed by atoms with Crippen LogP contribution in [0.25, 0.3) is 0 Å². The second-order valence-corrected chi connectivity index (χ2v) is 17.8. The molecule has 1 amide bonds. The van der Waals surface area contributed by atoms with Crippen molar-refractivity contribution in [3.63, 3.8) is 0 Å². The van der Waals surface area contributed by atoms with Gasteiger partial charge in [0.05, 0.1) is 25.4 Å². The number of rotatable bonds is 48. The number of ether oxygens (including phenoxy) is 1. The van der Waals surface area contributed by atoms with Gasteiger partial charge in [0.2, 0.25) is 5.91 Å². The molecule has 0 aliphatic rings. The molecule has 61 heavy (non-hydrogen) atoms. The molecule has 0 saturated carbocycles. The van der Waals surface area contributed by atoms with E-state index in [4.69, 9.17) is 4.74 Å². The number of aliphatic hydroxyl groups is 2. The number of hydrogen-bond acceptors (Lipinski definition) is 5. The molecular formula is C55H101NO5. The number of esters is 1. The Morgan fingerprint density at radius 1 is 0.459 bits per heavy atom. The summed E-state index contributed by atoms with van der Waals surface area (Å²) in [4.78, 5) is 24.4. The van der Waals surface area contributed by atoms with Gasteiger partial charge in [-0.3, -0.25) is 9.59 Å². The van der Waals surface area contributed by atoms with E-state index in [9.17, 15) is 19.8 Å². The summed E-state index contributed by atoms with van der Waals surface area (Å²) in [5.74, 6) is -0.112. The number of carbonyl (C=O) groups excluding carboxylic acids is 2. The van der Waals surface area contributed by atoms with E-state index in [1.807, 2.05) is 6.08 Å². The van der Waals surface area contributed by atoms with Crippen LogP contribution in [0.1, 0.15) is 264 Å². The van der Waals surface area contributed by atoms with Crippen molar-refractivity contribution in [2.75, 3.05) is 13.2 Å². The summed E-state index contributed by atoms with van der Waals surface area (Å²) in [6, 6.07) is -0.640. The molecule has 0 fully saturated rings. The molecule has 0 aliphatic heterocycles. The lowest BCUT2D eigenvalue weighted by atomic mass is 10.0. The number of allylic oxidation sites excluding steroid dienone is 7. The summed E-state index contributed by atoms with van der Waals surface area (Å²) in [6.45, 7) is 4.79. The molecule has 0 aromatic carbocycles. The average molecular weight is 856 g/mol. The first-order chi connectivity index (χ1) is 30.0. The van der Waals surface area contributed by atoms with E-state index in [1.54, 1.807) is 6.08 Å². The van der Waals surface area contributed by atoms with Gasteiger partial charge in [-0.1, -0.05) is 217 Å². The minimum absolute atomic E-state index is 0.0273. The summed E-state index contributed by atoms with van der Waals surface area (Å²) >= 11 is 0. The van der Waals surface area contributed by atoms with E-state index in [1.165, 1.54) is 154 Å². The van der Waals surface area contributed by atoms with Crippen molar-refractivity contribution in [2.24, 2.45) is 0 Å². The number of amides is 1. The summed E-state index contributed by atoms with van der Waals surface area (Å²) in [7, 11) is 0. The van der Waals surface area contributed by atoms with Crippen LogP contribution in [0, 0.1) is 0 Å². The van der Waals surface area contributed by atoms with Crippen molar-refractivity contribution < 1.29 is 24.5 Å². The SMILES string of the molecule is CCC/C=C\C/C=C\CCCCCCCC(=O)OCCCCCC/C=C\CCCCCCCCCC(=O)NC(CO)C(O)/C=C/CCCCCCCCCCCCCCCC. The highest BCUT2D eigenvalue weighted by Crippen LogP contribution is 2.15. The predicted octanol–water partition coefficient (Wildman–Crippen LogP) is 15.8. The molecule has 3 N–H and O–H groups in total. The van der Waals surface area contributed by atoms with Crippen LogP contribution in [0.5, 0.6) is 0 Å². The van der Waals surface area contributed by atoms with Crippen molar-refractivity contribution >= 4 is 11.9 Å². The van der Waals surface area contributed by atoms with E-state index in [0.29, 0.717) is 19.4 Å². The Bertz CT molecular complexity index is 1040. The third-order valence-electron chi connectivity index (χ3n) is 11.8. The lowest BCUT2D eigenvalue weighted by Gasteiger charge is -2.20. The molecule has 0 aromatic heterocycles. The maximum absolute atomic E-state index is 12.4. The minimum atomic E-state index is -0.855. The van der Waals surface area contributed by atoms with Crippen LogP contribution in [0.15, 0.2) is 48.6 Å². The average Bonchev–Trinajstić information content (AvgIpc) is 3.26. The summed E-state index contributed by atoms with van der Waals surface area (Å²) < 4.78 is 5.44. The zero-order valence-corrected chi connectivity index (χ0v) is 40.4. The lowest BCUT2D eigenvalue weighted by molar-refractivity contribution is -0.143. The molecule has 0 heterocycles. The number of nitrogens with one attached hydrogen (secondary N) is 1. The fraction of sp³-hybridized carbons (Fsp3) is 0.818. The Morgan fingerprint density at radius 3 is 1.33 bits per heavy atom. The second kappa shape index (κ2) is 50.5. The molecule has 0 radical (unpaired) electrons. The van der Waals surface area contributed by atoms with Crippen LogP contribution in [-0.2, 0) is 14.3 Å². The molecule has 2 atom stereocenters. The Balaban J connectivity index is 3.53. The molecule has 2 unspecified atom stereocenters. The van der Waals surface area contributed by atoms with Crippen LogP contribution >= 0.6 is 0 Å². The Hall–Kier alpha value is -2.18. The lowest BCUT2D eigenvalue weighted by Crippen LogP contribution is -2.45. The van der Waals surface area contributed by atoms with Gasteiger partial charge in [-0.2, -0.15) is 0 Å². The topological polar surface area (TPSA) is 95.9 Å². The van der Waals surface area contributed by atoms with Crippen molar-refractivity contribution in [1.29, 1.82) is 0 Å². The fourth-order valence-corrected chi connectivity index (χ4v) is 7.72. The van der Waals surface area contributed by atoms with Gasteiger partial charge in [-0.25, -0.2) is 0 Å². The van der Waals surface area contributed by atoms with Gasteiger partial charge in [-0.15, -0.1) is 0 Å². The van der Waals surface area contributed by atoms with Gasteiger partial charge in [0.25, 0.3) is 0 Å². The highest BCUT2D eigenvalue weighted by atomic mass is 16.5. The van der Waals surface area contributed by atoms with Crippen LogP contribution in [-0.4, -0.2) is 47.4 Å². The molecule has 0 rings (SSSR count). The molecule has 0 saturated heterocycles. The molecule has 0 aliphatic carbocycles. The van der Waals surface area contributed by atoms with Gasteiger partial charge < -0.3 is 20.3 Å². The number of unbranched alkanes of at least 4 members (excludes halogenated alkanes) is 31. The first-order valence-corrected chi connectivity index (χ1v) is 26.4. The maximum atomic E-state index is 12.4. The molecule has 0 bridgehead atoms. The van der Waals surface area contributed by atoms with Gasteiger partial charge in [0.15, 0.2) is 0 Å². The normalized spacial score (nSPS) is 13.0. The maximum Gasteiger partial charge on any atom is 0.305 e. The van der Waals surface area contributed by atoms with Crippen molar-refractivity contribution in [1.82, 2.24) is 5.32 Å². The summed E-state index contributed by atoms with van der Waals surface area (Å²) in [5.41, 5.74) is 0. The Labute approximate surface area is 378 Å². The zero-order chi connectivity index (χ0) is 44.4. The molecule has 0 aromatic rings. The largest absolute Gasteiger partial charge is 0.466 e. The van der Waals surface area contributed by atoms with Crippen LogP contribution in [0.3, 0.4) is 0 Å². The first-order valence-electron chi connectivity index (χ1n) is 26.4. The van der Waals surface area contributed by atoms with Crippen molar-refractivity contribution in [3.8, 4) is 0 Å². The molecular weight excluding hydrogens is 755 g/mol. The van der Waals surface area contributed by atoms with Crippen LogP contribution in [0.4, 0.5) is 0 Å². The van der Waals surface area contributed by atoms with E-state index in [2.05, 4.69) is 55.6 Å². The van der Waals surface area contributed by atoms with Gasteiger partial charge >= 0.3 is 5.97 Å². The van der Waals surface area contributed by atoms with Gasteiger partial charge in [0, 0.05) is 12.8 Å². The molecule has 6 heteroatoms. The van der Waals surface area contributed by atoms with Crippen molar-refractivity contribution in [2.45, 2.75) is 276 Å². The third-order valence-corrected chi connectivity index (χ3v) is 11.8. The van der Waals surface area contributed by atoms with Crippen LogP contribution in [0.2, 0.25) is 0 Å². The summed E-state index contributed by atoms with van der Waals surface area (Å²) in [5, 5.41) is 23.1. The molecule has 0 spiro atoms.